The van der Waals surface area contributed by atoms with Gasteiger partial charge in [0.25, 0.3) is 0 Å². The Labute approximate surface area is 88.0 Å². The maximum Gasteiger partial charge on any atom is 0.408 e. The van der Waals surface area contributed by atoms with Crippen LogP contribution >= 0.6 is 0 Å². The van der Waals surface area contributed by atoms with Crippen LogP contribution in [0.4, 0.5) is 4.79 Å². The van der Waals surface area contributed by atoms with Gasteiger partial charge < -0.3 is 9.84 Å². The van der Waals surface area contributed by atoms with Gasteiger partial charge in [0.05, 0.1) is 6.54 Å². The summed E-state index contributed by atoms with van der Waals surface area (Å²) in [6.45, 7) is 6.19. The molecule has 2 rings (SSSR count). The minimum absolute atomic E-state index is 0.235. The Kier molecular flexibility index (Phi) is 1.81. The monoisotopic (exact) mass is 213 g/mol. The fourth-order valence-corrected chi connectivity index (χ4v) is 2.31. The van der Waals surface area contributed by atoms with Gasteiger partial charge in [0.15, 0.2) is 0 Å². The summed E-state index contributed by atoms with van der Waals surface area (Å²) in [5.41, 5.74) is -0.866. The summed E-state index contributed by atoms with van der Waals surface area (Å²) in [7, 11) is 0. The topological polar surface area (TPSA) is 66.8 Å². The number of ether oxygens (including phenoxy) is 1. The number of carbonyl (C=O) groups excluding carboxylic acids is 1. The highest BCUT2D eigenvalue weighted by Gasteiger charge is 2.63. The first-order valence-corrected chi connectivity index (χ1v) is 4.99. The van der Waals surface area contributed by atoms with Crippen molar-refractivity contribution in [3.63, 3.8) is 0 Å². The number of likely N-dealkylation sites (tertiary alicyclic amines) is 1. The van der Waals surface area contributed by atoms with E-state index in [1.807, 2.05) is 20.8 Å². The van der Waals surface area contributed by atoms with E-state index < -0.39 is 23.7 Å². The number of nitrogens with zero attached hydrogens (tertiary/aromatic N) is 1. The Hall–Kier alpha value is -1.26. The molecule has 1 N–H and O–H groups in total. The molecule has 0 aromatic heterocycles. The second-order valence-corrected chi connectivity index (χ2v) is 5.30. The van der Waals surface area contributed by atoms with Crippen LogP contribution in [-0.2, 0) is 9.53 Å². The van der Waals surface area contributed by atoms with Gasteiger partial charge in [-0.25, -0.2) is 9.59 Å². The zero-order valence-electron chi connectivity index (χ0n) is 9.11. The number of carboxylic acid groups (broad SMARTS) is 1. The SMILES string of the molecule is CC(C)(C)[C@@]12C[C@H](C(=O)O1)N(C(=O)O)C2. The second kappa shape index (κ2) is 2.65. The van der Waals surface area contributed by atoms with Crippen LogP contribution in [-0.4, -0.2) is 40.3 Å². The quantitative estimate of drug-likeness (QED) is 0.611. The van der Waals surface area contributed by atoms with Crippen LogP contribution in [0, 0.1) is 5.41 Å². The molecule has 15 heavy (non-hydrogen) atoms. The van der Waals surface area contributed by atoms with Crippen LogP contribution in [0.5, 0.6) is 0 Å². The second-order valence-electron chi connectivity index (χ2n) is 5.30. The summed E-state index contributed by atoms with van der Waals surface area (Å²) in [5, 5.41) is 8.95. The summed E-state index contributed by atoms with van der Waals surface area (Å²) < 4.78 is 5.35. The summed E-state index contributed by atoms with van der Waals surface area (Å²) in [4.78, 5) is 23.6. The highest BCUT2D eigenvalue weighted by atomic mass is 16.6. The maximum absolute atomic E-state index is 11.5. The summed E-state index contributed by atoms with van der Waals surface area (Å²) >= 11 is 0. The number of morpholine rings is 1. The molecule has 2 atom stereocenters. The third-order valence-electron chi connectivity index (χ3n) is 3.51. The third-order valence-corrected chi connectivity index (χ3v) is 3.51. The molecule has 0 spiro atoms. The molecule has 2 fully saturated rings. The van der Waals surface area contributed by atoms with Gasteiger partial charge in [-0.05, 0) is 0 Å². The summed E-state index contributed by atoms with van der Waals surface area (Å²) in [5.74, 6) is -0.404. The number of rotatable bonds is 0. The predicted molar refractivity (Wildman–Crippen MR) is 51.4 cm³/mol. The van der Waals surface area contributed by atoms with Crippen molar-refractivity contribution in [3.05, 3.63) is 0 Å². The lowest BCUT2D eigenvalue weighted by Crippen LogP contribution is -2.52. The van der Waals surface area contributed by atoms with Crippen LogP contribution in [0.3, 0.4) is 0 Å². The van der Waals surface area contributed by atoms with Crippen molar-refractivity contribution in [2.75, 3.05) is 6.54 Å². The minimum Gasteiger partial charge on any atom is -0.465 e. The molecule has 0 aliphatic carbocycles. The van der Waals surface area contributed by atoms with Gasteiger partial charge in [-0.2, -0.15) is 0 Å². The lowest BCUT2D eigenvalue weighted by Gasteiger charge is -2.40. The normalized spacial score (nSPS) is 34.5. The van der Waals surface area contributed by atoms with Crippen molar-refractivity contribution in [3.8, 4) is 0 Å². The van der Waals surface area contributed by atoms with Crippen LogP contribution in [0.2, 0.25) is 0 Å². The number of fused-ring (bicyclic) bond motifs is 2. The molecule has 2 heterocycles. The standard InChI is InChI=1S/C10H15NO4/c1-9(2,3)10-4-6(7(12)15-10)11(5-10)8(13)14/h6H,4-5H2,1-3H3,(H,13,14)/t6-,10+/m1/s1. The van der Waals surface area contributed by atoms with E-state index in [9.17, 15) is 9.59 Å². The molecule has 2 aliphatic heterocycles. The molecular weight excluding hydrogens is 198 g/mol. The smallest absolute Gasteiger partial charge is 0.408 e. The first-order valence-electron chi connectivity index (χ1n) is 4.99. The van der Waals surface area contributed by atoms with Crippen molar-refractivity contribution >= 4 is 12.1 Å². The largest absolute Gasteiger partial charge is 0.465 e. The van der Waals surface area contributed by atoms with E-state index in [4.69, 9.17) is 9.84 Å². The minimum atomic E-state index is -1.04. The molecule has 5 nitrogen and oxygen atoms in total. The molecule has 0 saturated carbocycles. The van der Waals surface area contributed by atoms with Crippen LogP contribution in [0.1, 0.15) is 27.2 Å². The number of hydrogen-bond acceptors (Lipinski definition) is 3. The Balaban J connectivity index is 2.34. The van der Waals surface area contributed by atoms with E-state index in [1.165, 1.54) is 4.90 Å². The van der Waals surface area contributed by atoms with E-state index in [1.54, 1.807) is 0 Å². The zero-order valence-corrected chi connectivity index (χ0v) is 9.11. The lowest BCUT2D eigenvalue weighted by molar-refractivity contribution is -0.168. The van der Waals surface area contributed by atoms with Gasteiger partial charge in [0, 0.05) is 11.8 Å². The van der Waals surface area contributed by atoms with E-state index in [0.717, 1.165) is 0 Å². The summed E-state index contributed by atoms with van der Waals surface area (Å²) in [6, 6.07) is -0.596. The predicted octanol–water partition coefficient (Wildman–Crippen LogP) is 1.08. The molecule has 0 aromatic carbocycles. The lowest BCUT2D eigenvalue weighted by atomic mass is 9.76. The molecule has 5 heteroatoms. The van der Waals surface area contributed by atoms with E-state index >= 15 is 0 Å². The molecule has 0 unspecified atom stereocenters. The molecule has 0 aromatic rings. The maximum atomic E-state index is 11.5. The molecule has 2 saturated heterocycles. The molecular formula is C10H15NO4. The van der Waals surface area contributed by atoms with Gasteiger partial charge in [0.1, 0.15) is 11.6 Å². The Bertz CT molecular complexity index is 333. The number of carbonyl (C=O) groups is 2. The number of hydrogen-bond donors (Lipinski definition) is 1. The van der Waals surface area contributed by atoms with Crippen molar-refractivity contribution in [1.29, 1.82) is 0 Å². The number of amides is 1. The fourth-order valence-electron chi connectivity index (χ4n) is 2.31. The molecule has 2 aliphatic rings. The van der Waals surface area contributed by atoms with E-state index in [2.05, 4.69) is 0 Å². The Morgan fingerprint density at radius 2 is 2.20 bits per heavy atom. The summed E-state index contributed by atoms with van der Waals surface area (Å²) in [6.07, 6.45) is -0.551. The van der Waals surface area contributed by atoms with Gasteiger partial charge in [-0.3, -0.25) is 4.90 Å². The van der Waals surface area contributed by atoms with Crippen LogP contribution in [0.25, 0.3) is 0 Å². The highest BCUT2D eigenvalue weighted by Crippen LogP contribution is 2.48. The third kappa shape index (κ3) is 1.22. The Morgan fingerprint density at radius 3 is 2.53 bits per heavy atom. The number of esters is 1. The van der Waals surface area contributed by atoms with E-state index in [-0.39, 0.29) is 5.41 Å². The fraction of sp³-hybridized carbons (Fsp3) is 0.800. The van der Waals surface area contributed by atoms with Crippen LogP contribution in [0.15, 0.2) is 0 Å². The van der Waals surface area contributed by atoms with Crippen molar-refractivity contribution < 1.29 is 19.4 Å². The first kappa shape index (κ1) is 10.3. The van der Waals surface area contributed by atoms with Crippen molar-refractivity contribution in [2.24, 2.45) is 5.41 Å². The van der Waals surface area contributed by atoms with Crippen molar-refractivity contribution in [1.82, 2.24) is 4.90 Å². The van der Waals surface area contributed by atoms with Gasteiger partial charge in [-0.1, -0.05) is 20.8 Å². The first-order chi connectivity index (χ1) is 6.77. The van der Waals surface area contributed by atoms with Crippen LogP contribution < -0.4 is 0 Å². The average molecular weight is 213 g/mol. The van der Waals surface area contributed by atoms with Gasteiger partial charge in [-0.15, -0.1) is 0 Å². The van der Waals surface area contributed by atoms with Gasteiger partial charge in [0.2, 0.25) is 0 Å². The zero-order chi connectivity index (χ0) is 11.4. The van der Waals surface area contributed by atoms with E-state index in [0.29, 0.717) is 13.0 Å². The molecule has 1 amide bonds. The molecule has 0 radical (unpaired) electrons. The average Bonchev–Trinajstić information content (AvgIpc) is 2.57. The van der Waals surface area contributed by atoms with Crippen molar-refractivity contribution in [2.45, 2.75) is 38.8 Å². The highest BCUT2D eigenvalue weighted by molar-refractivity contribution is 5.85. The van der Waals surface area contributed by atoms with Gasteiger partial charge >= 0.3 is 12.1 Å². The Morgan fingerprint density at radius 1 is 1.60 bits per heavy atom. The molecule has 84 valence electrons. The molecule has 2 bridgehead atoms.